The molecule has 2 aromatic rings. The van der Waals surface area contributed by atoms with Crippen molar-refractivity contribution in [1.29, 1.82) is 5.26 Å². The zero-order valence-electron chi connectivity index (χ0n) is 9.53. The number of aryl methyl sites for hydroxylation is 2. The summed E-state index contributed by atoms with van der Waals surface area (Å²) in [5.74, 6) is 0.480. The Morgan fingerprint density at radius 2 is 1.94 bits per heavy atom. The Morgan fingerprint density at radius 3 is 2.53 bits per heavy atom. The van der Waals surface area contributed by atoms with Crippen molar-refractivity contribution in [2.75, 3.05) is 5.43 Å². The summed E-state index contributed by atoms with van der Waals surface area (Å²) in [6.45, 7) is 3.95. The minimum Gasteiger partial charge on any atom is -0.276 e. The molecule has 0 amide bonds. The minimum absolute atomic E-state index is 0.336. The van der Waals surface area contributed by atoms with Crippen LogP contribution in [0.25, 0.3) is 0 Å². The van der Waals surface area contributed by atoms with Crippen molar-refractivity contribution in [3.8, 4) is 6.07 Å². The number of aromatic nitrogens is 2. The minimum atomic E-state index is 0.336. The molecule has 0 unspecified atom stereocenters. The van der Waals surface area contributed by atoms with Crippen molar-refractivity contribution in [3.05, 3.63) is 46.4 Å². The lowest BCUT2D eigenvalue weighted by molar-refractivity contribution is 0.871. The van der Waals surface area contributed by atoms with E-state index in [0.717, 1.165) is 11.4 Å². The van der Waals surface area contributed by atoms with Gasteiger partial charge in [0.25, 0.3) is 0 Å². The highest BCUT2D eigenvalue weighted by atomic mass is 35.5. The molecule has 0 aliphatic rings. The quantitative estimate of drug-likeness (QED) is 0.887. The summed E-state index contributed by atoms with van der Waals surface area (Å²) in [4.78, 5) is 4.13. The third-order valence-electron chi connectivity index (χ3n) is 2.50. The van der Waals surface area contributed by atoms with Crippen LogP contribution in [0.3, 0.4) is 0 Å². The van der Waals surface area contributed by atoms with Crippen molar-refractivity contribution in [1.82, 2.24) is 9.66 Å². The standard InChI is InChI=1S/C12H11ClN4/c1-8-3-4-9(2)17(8)16-12-11(13)10(7-14)5-6-15-12/h3-6H,1-2H3,(H,15,16). The highest BCUT2D eigenvalue weighted by Crippen LogP contribution is 2.23. The topological polar surface area (TPSA) is 53.6 Å². The molecule has 2 heterocycles. The number of rotatable bonds is 2. The van der Waals surface area contributed by atoms with Crippen LogP contribution >= 0.6 is 11.6 Å². The van der Waals surface area contributed by atoms with Gasteiger partial charge in [0, 0.05) is 17.6 Å². The first-order chi connectivity index (χ1) is 8.13. The Bertz CT molecular complexity index is 576. The zero-order chi connectivity index (χ0) is 12.4. The Kier molecular flexibility index (Phi) is 3.03. The monoisotopic (exact) mass is 246 g/mol. The molecular formula is C12H11ClN4. The number of nitriles is 1. The van der Waals surface area contributed by atoms with Crippen molar-refractivity contribution in [2.45, 2.75) is 13.8 Å². The summed E-state index contributed by atoms with van der Waals surface area (Å²) < 4.78 is 1.87. The maximum absolute atomic E-state index is 8.88. The average molecular weight is 247 g/mol. The molecule has 0 aromatic carbocycles. The first-order valence-corrected chi connectivity index (χ1v) is 5.48. The molecule has 0 aliphatic heterocycles. The molecule has 0 spiro atoms. The van der Waals surface area contributed by atoms with Crippen LogP contribution in [-0.2, 0) is 0 Å². The fraction of sp³-hybridized carbons (Fsp3) is 0.167. The fourth-order valence-corrected chi connectivity index (χ4v) is 1.76. The number of hydrogen-bond donors (Lipinski definition) is 1. The van der Waals surface area contributed by atoms with Gasteiger partial charge < -0.3 is 0 Å². The van der Waals surface area contributed by atoms with E-state index in [1.165, 1.54) is 0 Å². The lowest BCUT2D eigenvalue weighted by Crippen LogP contribution is -2.13. The summed E-state index contributed by atoms with van der Waals surface area (Å²) in [6, 6.07) is 7.59. The van der Waals surface area contributed by atoms with Crippen LogP contribution in [0.5, 0.6) is 0 Å². The molecule has 2 rings (SSSR count). The van der Waals surface area contributed by atoms with Crippen LogP contribution in [0, 0.1) is 25.2 Å². The van der Waals surface area contributed by atoms with Crippen LogP contribution < -0.4 is 5.43 Å². The average Bonchev–Trinajstić information content (AvgIpc) is 2.63. The van der Waals surface area contributed by atoms with Crippen molar-refractivity contribution in [2.24, 2.45) is 0 Å². The fourth-order valence-electron chi connectivity index (χ4n) is 1.56. The van der Waals surface area contributed by atoms with Crippen molar-refractivity contribution < 1.29 is 0 Å². The maximum Gasteiger partial charge on any atom is 0.165 e. The van der Waals surface area contributed by atoms with Crippen LogP contribution in [0.4, 0.5) is 5.82 Å². The van der Waals surface area contributed by atoms with Gasteiger partial charge in [-0.05, 0) is 32.0 Å². The summed E-state index contributed by atoms with van der Waals surface area (Å²) in [5.41, 5.74) is 5.58. The van der Waals surface area contributed by atoms with Crippen molar-refractivity contribution >= 4 is 17.4 Å². The van der Waals surface area contributed by atoms with E-state index in [0.29, 0.717) is 16.4 Å². The Hall–Kier alpha value is -1.99. The SMILES string of the molecule is Cc1ccc(C)n1Nc1nccc(C#N)c1Cl. The molecule has 4 nitrogen and oxygen atoms in total. The van der Waals surface area contributed by atoms with E-state index in [1.54, 1.807) is 12.3 Å². The Morgan fingerprint density at radius 1 is 1.29 bits per heavy atom. The molecule has 0 fully saturated rings. The molecule has 0 aliphatic carbocycles. The van der Waals surface area contributed by atoms with Gasteiger partial charge >= 0.3 is 0 Å². The molecule has 0 saturated heterocycles. The second kappa shape index (κ2) is 4.48. The van der Waals surface area contributed by atoms with Gasteiger partial charge in [-0.3, -0.25) is 10.1 Å². The second-order valence-corrected chi connectivity index (χ2v) is 4.07. The van der Waals surface area contributed by atoms with E-state index in [2.05, 4.69) is 10.4 Å². The third-order valence-corrected chi connectivity index (χ3v) is 2.88. The van der Waals surface area contributed by atoms with Gasteiger partial charge in [-0.2, -0.15) is 5.26 Å². The smallest absolute Gasteiger partial charge is 0.165 e. The maximum atomic E-state index is 8.88. The number of nitrogens with one attached hydrogen (secondary N) is 1. The van der Waals surface area contributed by atoms with Gasteiger partial charge in [-0.25, -0.2) is 4.98 Å². The number of halogens is 1. The largest absolute Gasteiger partial charge is 0.276 e. The van der Waals surface area contributed by atoms with E-state index < -0.39 is 0 Å². The summed E-state index contributed by atoms with van der Waals surface area (Å²) in [7, 11) is 0. The zero-order valence-corrected chi connectivity index (χ0v) is 10.3. The van der Waals surface area contributed by atoms with E-state index in [9.17, 15) is 0 Å². The van der Waals surface area contributed by atoms with Gasteiger partial charge in [0.2, 0.25) is 0 Å². The van der Waals surface area contributed by atoms with Crippen LogP contribution in [0.15, 0.2) is 24.4 Å². The summed E-state index contributed by atoms with van der Waals surface area (Å²) in [6.07, 6.45) is 1.56. The lowest BCUT2D eigenvalue weighted by atomic mass is 10.3. The molecule has 17 heavy (non-hydrogen) atoms. The summed E-state index contributed by atoms with van der Waals surface area (Å²) in [5, 5.41) is 9.22. The number of nitrogens with zero attached hydrogens (tertiary/aromatic N) is 3. The molecule has 5 heteroatoms. The lowest BCUT2D eigenvalue weighted by Gasteiger charge is -2.13. The van der Waals surface area contributed by atoms with Crippen LogP contribution in [0.2, 0.25) is 5.02 Å². The number of anilines is 1. The van der Waals surface area contributed by atoms with Gasteiger partial charge in [0.1, 0.15) is 11.1 Å². The highest BCUT2D eigenvalue weighted by molar-refractivity contribution is 6.34. The Labute approximate surface area is 104 Å². The van der Waals surface area contributed by atoms with Gasteiger partial charge in [-0.1, -0.05) is 11.6 Å². The summed E-state index contributed by atoms with van der Waals surface area (Å²) >= 11 is 6.07. The second-order valence-electron chi connectivity index (χ2n) is 3.70. The van der Waals surface area contributed by atoms with Crippen LogP contribution in [0.1, 0.15) is 17.0 Å². The third kappa shape index (κ3) is 2.10. The molecule has 0 saturated carbocycles. The predicted molar refractivity (Wildman–Crippen MR) is 66.9 cm³/mol. The van der Waals surface area contributed by atoms with E-state index in [-0.39, 0.29) is 0 Å². The van der Waals surface area contributed by atoms with E-state index in [4.69, 9.17) is 16.9 Å². The van der Waals surface area contributed by atoms with Gasteiger partial charge in [0.05, 0.1) is 5.56 Å². The van der Waals surface area contributed by atoms with Gasteiger partial charge in [-0.15, -0.1) is 0 Å². The molecule has 0 radical (unpaired) electrons. The Balaban J connectivity index is 2.41. The van der Waals surface area contributed by atoms with E-state index >= 15 is 0 Å². The first-order valence-electron chi connectivity index (χ1n) is 5.10. The first kappa shape index (κ1) is 11.5. The molecular weight excluding hydrogens is 236 g/mol. The van der Waals surface area contributed by atoms with Gasteiger partial charge in [0.15, 0.2) is 5.82 Å². The number of pyridine rings is 1. The molecule has 0 atom stereocenters. The van der Waals surface area contributed by atoms with Crippen LogP contribution in [-0.4, -0.2) is 9.66 Å². The molecule has 1 N–H and O–H groups in total. The molecule has 2 aromatic heterocycles. The highest BCUT2D eigenvalue weighted by Gasteiger charge is 2.09. The molecule has 86 valence electrons. The number of hydrogen-bond acceptors (Lipinski definition) is 3. The van der Waals surface area contributed by atoms with E-state index in [1.807, 2.05) is 36.7 Å². The van der Waals surface area contributed by atoms with Crippen molar-refractivity contribution in [3.63, 3.8) is 0 Å². The predicted octanol–water partition coefficient (Wildman–Crippen LogP) is 2.90. The normalized spacial score (nSPS) is 10.0. The molecule has 0 bridgehead atoms.